The van der Waals surface area contributed by atoms with Crippen molar-refractivity contribution >= 4 is 57.8 Å². The maximum absolute atomic E-state index is 11.6. The molecule has 0 bridgehead atoms. The molecule has 4 nitrogen and oxygen atoms in total. The quantitative estimate of drug-likeness (QED) is 0.0638. The van der Waals surface area contributed by atoms with Crippen LogP contribution >= 0.6 is 22.7 Å². The lowest BCUT2D eigenvalue weighted by Gasteiger charge is -2.09. The van der Waals surface area contributed by atoms with E-state index < -0.39 is 5.97 Å². The minimum atomic E-state index is -1.19. The molecule has 0 saturated carbocycles. The van der Waals surface area contributed by atoms with E-state index >= 15 is 0 Å². The largest absolute Gasteiger partial charge is 0.477 e. The number of carboxylic acids is 1. The lowest BCUT2D eigenvalue weighted by Crippen LogP contribution is -2.27. The lowest BCUT2D eigenvalue weighted by molar-refractivity contribution is -0.132. The van der Waals surface area contributed by atoms with Crippen molar-refractivity contribution in [2.75, 3.05) is 0 Å². The number of benzene rings is 2. The second-order valence-corrected chi connectivity index (χ2v) is 14.6. The molecule has 0 fully saturated rings. The number of hydrogen-bond donors (Lipinski definition) is 1. The number of aromatic nitrogens is 1. The van der Waals surface area contributed by atoms with E-state index in [1.165, 1.54) is 92.0 Å². The molecule has 0 spiro atoms. The highest BCUT2D eigenvalue weighted by Crippen LogP contribution is 2.44. The fourth-order valence-electron chi connectivity index (χ4n) is 6.56. The van der Waals surface area contributed by atoms with Gasteiger partial charge in [-0.2, -0.15) is 5.26 Å². The van der Waals surface area contributed by atoms with Gasteiger partial charge in [-0.25, -0.2) is 4.79 Å². The van der Waals surface area contributed by atoms with E-state index in [-0.39, 0.29) is 5.57 Å². The van der Waals surface area contributed by atoms with Gasteiger partial charge >= 0.3 is 5.97 Å². The Morgan fingerprint density at radius 1 is 0.898 bits per heavy atom. The van der Waals surface area contributed by atoms with E-state index in [0.29, 0.717) is 0 Å². The third-order valence-corrected chi connectivity index (χ3v) is 11.5. The molecule has 0 amide bonds. The second-order valence-electron chi connectivity index (χ2n) is 12.5. The maximum Gasteiger partial charge on any atom is 0.346 e. The summed E-state index contributed by atoms with van der Waals surface area (Å²) in [5.41, 5.74) is 5.87. The normalized spacial score (nSPS) is 12.6. The maximum atomic E-state index is 11.6. The molecule has 0 unspecified atom stereocenters. The Labute approximate surface area is 298 Å². The van der Waals surface area contributed by atoms with E-state index in [1.54, 1.807) is 11.3 Å². The van der Waals surface area contributed by atoms with Crippen molar-refractivity contribution in [3.8, 4) is 32.0 Å². The average molecular weight is 687 g/mol. The molecule has 3 heterocycles. The molecular formula is C43H46N2O2S2. The number of para-hydroxylation sites is 1. The third-order valence-electron chi connectivity index (χ3n) is 9.00. The predicted molar refractivity (Wildman–Crippen MR) is 211 cm³/mol. The molecule has 3 aromatic heterocycles. The van der Waals surface area contributed by atoms with Crippen LogP contribution in [0.25, 0.3) is 55.0 Å². The summed E-state index contributed by atoms with van der Waals surface area (Å²) in [7, 11) is 0. The van der Waals surface area contributed by atoms with Crippen LogP contribution in [0.5, 0.6) is 0 Å². The SMILES string of the molecule is C=C/C=c1\c(=C/C)n(-c2ccc(-c3sc(-c4sc(/C=C(/C#N)C(=O)O)cc4CCCCCC)cc3CCCCCC)cc2)c2ccccc12. The summed E-state index contributed by atoms with van der Waals surface area (Å²) >= 11 is 3.43. The lowest BCUT2D eigenvalue weighted by atomic mass is 10.0. The zero-order valence-corrected chi connectivity index (χ0v) is 30.6. The van der Waals surface area contributed by atoms with Gasteiger partial charge in [-0.1, -0.05) is 108 Å². The van der Waals surface area contributed by atoms with Crippen LogP contribution in [-0.4, -0.2) is 15.6 Å². The van der Waals surface area contributed by atoms with Crippen molar-refractivity contribution in [3.63, 3.8) is 0 Å². The first-order valence-electron chi connectivity index (χ1n) is 17.5. The summed E-state index contributed by atoms with van der Waals surface area (Å²) in [6.45, 7) is 10.5. The van der Waals surface area contributed by atoms with Crippen LogP contribution in [0.4, 0.5) is 0 Å². The summed E-state index contributed by atoms with van der Waals surface area (Å²) in [5.74, 6) is -1.19. The van der Waals surface area contributed by atoms with Gasteiger partial charge in [0.25, 0.3) is 0 Å². The van der Waals surface area contributed by atoms with Crippen molar-refractivity contribution in [2.24, 2.45) is 0 Å². The molecule has 49 heavy (non-hydrogen) atoms. The molecule has 0 aliphatic carbocycles. The molecule has 1 N–H and O–H groups in total. The van der Waals surface area contributed by atoms with E-state index in [9.17, 15) is 15.2 Å². The number of allylic oxidation sites excluding steroid dienone is 1. The van der Waals surface area contributed by atoms with Gasteiger partial charge in [0.05, 0.1) is 5.52 Å². The summed E-state index contributed by atoms with van der Waals surface area (Å²) in [4.78, 5) is 16.2. The highest BCUT2D eigenvalue weighted by Gasteiger charge is 2.19. The van der Waals surface area contributed by atoms with E-state index in [1.807, 2.05) is 23.5 Å². The number of aliphatic carboxylic acids is 1. The number of hydrogen-bond acceptors (Lipinski definition) is 4. The number of carboxylic acid groups (broad SMARTS) is 1. The zero-order valence-electron chi connectivity index (χ0n) is 28.9. The Kier molecular flexibility index (Phi) is 12.6. The van der Waals surface area contributed by atoms with Crippen LogP contribution in [0.3, 0.4) is 0 Å². The molecule has 0 saturated heterocycles. The summed E-state index contributed by atoms with van der Waals surface area (Å²) in [6, 6.07) is 23.8. The molecule has 0 radical (unpaired) electrons. The van der Waals surface area contributed by atoms with E-state index in [4.69, 9.17) is 0 Å². The van der Waals surface area contributed by atoms with E-state index in [2.05, 4.69) is 105 Å². The van der Waals surface area contributed by atoms with Gasteiger partial charge in [0.2, 0.25) is 0 Å². The number of rotatable bonds is 16. The number of nitriles is 1. The average Bonchev–Trinajstić information content (AvgIpc) is 3.81. The van der Waals surface area contributed by atoms with Gasteiger partial charge in [-0.15, -0.1) is 22.7 Å². The molecule has 0 atom stereocenters. The molecule has 6 heteroatoms. The first-order valence-corrected chi connectivity index (χ1v) is 19.2. The Balaban J connectivity index is 1.59. The molecule has 0 aliphatic heterocycles. The number of nitrogens with zero attached hydrogens (tertiary/aromatic N) is 2. The molecular weight excluding hydrogens is 641 g/mol. The van der Waals surface area contributed by atoms with Crippen LogP contribution in [0.1, 0.15) is 88.1 Å². The molecule has 5 rings (SSSR count). The number of unbranched alkanes of at least 4 members (excludes halogenated alkanes) is 6. The number of fused-ring (bicyclic) bond motifs is 1. The van der Waals surface area contributed by atoms with Crippen molar-refractivity contribution < 1.29 is 9.90 Å². The van der Waals surface area contributed by atoms with Gasteiger partial charge < -0.3 is 9.67 Å². The van der Waals surface area contributed by atoms with Gasteiger partial charge in [-0.05, 0) is 85.7 Å². The van der Waals surface area contributed by atoms with Crippen LogP contribution in [0.2, 0.25) is 0 Å². The zero-order chi connectivity index (χ0) is 34.8. The van der Waals surface area contributed by atoms with Gasteiger partial charge in [0.15, 0.2) is 0 Å². The first-order chi connectivity index (χ1) is 23.9. The van der Waals surface area contributed by atoms with Gasteiger partial charge in [-0.3, -0.25) is 0 Å². The van der Waals surface area contributed by atoms with Crippen LogP contribution < -0.4 is 10.6 Å². The Bertz CT molecular complexity index is 2120. The first kappa shape index (κ1) is 35.9. The highest BCUT2D eigenvalue weighted by atomic mass is 32.1. The molecule has 252 valence electrons. The third kappa shape index (κ3) is 8.24. The van der Waals surface area contributed by atoms with Gasteiger partial charge in [0, 0.05) is 41.1 Å². The summed E-state index contributed by atoms with van der Waals surface area (Å²) < 4.78 is 2.33. The Morgan fingerprint density at radius 2 is 1.57 bits per heavy atom. The van der Waals surface area contributed by atoms with E-state index in [0.717, 1.165) is 41.6 Å². The van der Waals surface area contributed by atoms with Crippen molar-refractivity contribution in [1.29, 1.82) is 5.26 Å². The van der Waals surface area contributed by atoms with Crippen LogP contribution in [0.15, 0.2) is 78.9 Å². The standard InChI is InChI=1S/C43H46N2O2S2/c1-5-9-11-13-18-31-26-35(27-33(29-44)43(46)47)48-42(31)40-28-32(19-14-12-10-6-2)41(49-40)30-22-24-34(25-23-30)45-38(8-4)36(17-7-3)37-20-15-16-21-39(37)45/h7-8,15-17,20-28H,3,5-6,9-14,18-19H2,1-2,4H3,(H,46,47)/b33-27-,36-17-,38-8+. The summed E-state index contributed by atoms with van der Waals surface area (Å²) in [6.07, 6.45) is 19.0. The second kappa shape index (κ2) is 17.3. The minimum Gasteiger partial charge on any atom is -0.477 e. The minimum absolute atomic E-state index is 0.234. The number of carbonyl (C=O) groups is 1. The fourth-order valence-corrected chi connectivity index (χ4v) is 9.06. The molecule has 0 aliphatic rings. The molecule has 2 aromatic carbocycles. The Morgan fingerprint density at radius 3 is 2.18 bits per heavy atom. The van der Waals surface area contributed by atoms with Crippen LogP contribution in [0, 0.1) is 11.3 Å². The van der Waals surface area contributed by atoms with Gasteiger partial charge in [0.1, 0.15) is 11.6 Å². The van der Waals surface area contributed by atoms with Crippen molar-refractivity contribution in [1.82, 2.24) is 4.57 Å². The van der Waals surface area contributed by atoms with Crippen LogP contribution in [-0.2, 0) is 17.6 Å². The fraction of sp³-hybridized carbons (Fsp3) is 0.302. The Hall–Kier alpha value is -4.44. The smallest absolute Gasteiger partial charge is 0.346 e. The number of thiophene rings is 2. The van der Waals surface area contributed by atoms with Crippen molar-refractivity contribution in [2.45, 2.75) is 85.0 Å². The predicted octanol–water partition coefficient (Wildman–Crippen LogP) is 11.1. The van der Waals surface area contributed by atoms with Crippen molar-refractivity contribution in [3.05, 3.63) is 105 Å². The summed E-state index contributed by atoms with van der Waals surface area (Å²) in [5, 5.41) is 22.5. The monoisotopic (exact) mass is 686 g/mol. The number of aryl methyl sites for hydroxylation is 2. The highest BCUT2D eigenvalue weighted by molar-refractivity contribution is 7.24. The molecule has 5 aromatic rings. The topological polar surface area (TPSA) is 66.0 Å².